The van der Waals surface area contributed by atoms with Crippen LogP contribution in [0.2, 0.25) is 0 Å². The van der Waals surface area contributed by atoms with Crippen molar-refractivity contribution in [2.24, 2.45) is 5.41 Å². The molecule has 2 fully saturated rings. The largest absolute Gasteiger partial charge is 0.380 e. The molecule has 0 N–H and O–H groups in total. The number of rotatable bonds is 1. The van der Waals surface area contributed by atoms with Crippen molar-refractivity contribution in [3.05, 3.63) is 0 Å². The average molecular weight is 197 g/mol. The van der Waals surface area contributed by atoms with Crippen LogP contribution in [0.1, 0.15) is 40.0 Å². The van der Waals surface area contributed by atoms with E-state index in [1.807, 2.05) is 7.11 Å². The number of hydrogen-bond donors (Lipinski definition) is 0. The number of hydrogen-bond acceptors (Lipinski definition) is 2. The quantitative estimate of drug-likeness (QED) is 0.639. The average Bonchev–Trinajstić information content (AvgIpc) is 2.56. The van der Waals surface area contributed by atoms with Crippen molar-refractivity contribution in [3.63, 3.8) is 0 Å². The first kappa shape index (κ1) is 10.4. The summed E-state index contributed by atoms with van der Waals surface area (Å²) in [5, 5.41) is 0. The van der Waals surface area contributed by atoms with Gasteiger partial charge in [-0.05, 0) is 31.2 Å². The zero-order chi connectivity index (χ0) is 10.4. The first-order valence-electron chi connectivity index (χ1n) is 5.77. The molecule has 0 aromatic carbocycles. The van der Waals surface area contributed by atoms with E-state index in [0.717, 1.165) is 6.54 Å². The van der Waals surface area contributed by atoms with E-state index >= 15 is 0 Å². The van der Waals surface area contributed by atoms with Crippen molar-refractivity contribution in [2.75, 3.05) is 20.2 Å². The normalized spacial score (nSPS) is 39.0. The predicted molar refractivity (Wildman–Crippen MR) is 58.4 cm³/mol. The second kappa shape index (κ2) is 3.21. The molecule has 0 aromatic rings. The third-order valence-electron chi connectivity index (χ3n) is 4.34. The number of nitrogens with zero attached hydrogens (tertiary/aromatic N) is 1. The first-order chi connectivity index (χ1) is 6.49. The lowest BCUT2D eigenvalue weighted by Gasteiger charge is -2.44. The highest BCUT2D eigenvalue weighted by Crippen LogP contribution is 2.50. The van der Waals surface area contributed by atoms with Crippen molar-refractivity contribution in [2.45, 2.75) is 51.7 Å². The fraction of sp³-hybridized carbons (Fsp3) is 1.00. The molecule has 2 saturated heterocycles. The second-order valence-electron chi connectivity index (χ2n) is 5.89. The van der Waals surface area contributed by atoms with Crippen LogP contribution < -0.4 is 0 Å². The molecule has 0 aromatic heterocycles. The van der Waals surface area contributed by atoms with Gasteiger partial charge in [-0.15, -0.1) is 0 Å². The molecular weight excluding hydrogens is 174 g/mol. The first-order valence-corrected chi connectivity index (χ1v) is 5.77. The van der Waals surface area contributed by atoms with Gasteiger partial charge < -0.3 is 4.74 Å². The Morgan fingerprint density at radius 1 is 1.36 bits per heavy atom. The molecule has 2 atom stereocenters. The van der Waals surface area contributed by atoms with Crippen molar-refractivity contribution in [1.82, 2.24) is 4.90 Å². The van der Waals surface area contributed by atoms with Gasteiger partial charge in [-0.1, -0.05) is 20.8 Å². The molecule has 0 spiro atoms. The molecule has 2 rings (SSSR count). The van der Waals surface area contributed by atoms with Gasteiger partial charge in [0.05, 0.1) is 6.10 Å². The van der Waals surface area contributed by atoms with E-state index in [1.165, 1.54) is 25.8 Å². The van der Waals surface area contributed by atoms with Crippen LogP contribution in [-0.2, 0) is 4.74 Å². The highest BCUT2D eigenvalue weighted by atomic mass is 16.5. The Morgan fingerprint density at radius 2 is 2.07 bits per heavy atom. The lowest BCUT2D eigenvalue weighted by Crippen LogP contribution is -2.48. The molecule has 82 valence electrons. The fourth-order valence-corrected chi connectivity index (χ4v) is 3.43. The zero-order valence-electron chi connectivity index (χ0n) is 9.97. The fourth-order valence-electron chi connectivity index (χ4n) is 3.43. The number of methoxy groups -OCH3 is 1. The molecule has 14 heavy (non-hydrogen) atoms. The van der Waals surface area contributed by atoms with E-state index in [4.69, 9.17) is 4.74 Å². The minimum Gasteiger partial charge on any atom is -0.380 e. The molecule has 2 aliphatic rings. The third kappa shape index (κ3) is 1.31. The smallest absolute Gasteiger partial charge is 0.0716 e. The van der Waals surface area contributed by atoms with E-state index in [1.54, 1.807) is 0 Å². The number of ether oxygens (including phenoxy) is 1. The van der Waals surface area contributed by atoms with Crippen LogP contribution in [0.4, 0.5) is 0 Å². The molecule has 0 saturated carbocycles. The molecule has 2 heterocycles. The molecule has 0 aliphatic carbocycles. The lowest BCUT2D eigenvalue weighted by atomic mass is 9.71. The highest BCUT2D eigenvalue weighted by molar-refractivity contribution is 5.09. The van der Waals surface area contributed by atoms with Crippen LogP contribution in [-0.4, -0.2) is 36.7 Å². The van der Waals surface area contributed by atoms with Crippen LogP contribution in [0.5, 0.6) is 0 Å². The molecular formula is C12H23NO. The molecule has 2 unspecified atom stereocenters. The Bertz CT molecular complexity index is 221. The summed E-state index contributed by atoms with van der Waals surface area (Å²) in [6.45, 7) is 9.56. The topological polar surface area (TPSA) is 12.5 Å². The maximum Gasteiger partial charge on any atom is 0.0716 e. The maximum absolute atomic E-state index is 5.53. The van der Waals surface area contributed by atoms with Gasteiger partial charge in [0.15, 0.2) is 0 Å². The summed E-state index contributed by atoms with van der Waals surface area (Å²) in [5.41, 5.74) is 0.810. The summed E-state index contributed by atoms with van der Waals surface area (Å²) in [4.78, 5) is 2.67. The van der Waals surface area contributed by atoms with Crippen LogP contribution >= 0.6 is 0 Å². The Morgan fingerprint density at radius 3 is 2.57 bits per heavy atom. The van der Waals surface area contributed by atoms with Crippen molar-refractivity contribution >= 4 is 0 Å². The van der Waals surface area contributed by atoms with Crippen LogP contribution in [0, 0.1) is 5.41 Å². The molecule has 0 amide bonds. The Hall–Kier alpha value is -0.0800. The monoisotopic (exact) mass is 197 g/mol. The Balaban J connectivity index is 2.23. The maximum atomic E-state index is 5.53. The minimum atomic E-state index is 0.386. The summed E-state index contributed by atoms with van der Waals surface area (Å²) in [6, 6.07) is 0. The molecule has 0 bridgehead atoms. The lowest BCUT2D eigenvalue weighted by molar-refractivity contribution is 0.0608. The summed E-state index contributed by atoms with van der Waals surface area (Å²) >= 11 is 0. The van der Waals surface area contributed by atoms with Gasteiger partial charge in [0.25, 0.3) is 0 Å². The minimum absolute atomic E-state index is 0.386. The third-order valence-corrected chi connectivity index (χ3v) is 4.34. The van der Waals surface area contributed by atoms with Gasteiger partial charge in [-0.2, -0.15) is 0 Å². The van der Waals surface area contributed by atoms with Crippen LogP contribution in [0.25, 0.3) is 0 Å². The van der Waals surface area contributed by atoms with Gasteiger partial charge in [0, 0.05) is 19.2 Å². The van der Waals surface area contributed by atoms with E-state index in [-0.39, 0.29) is 0 Å². The highest BCUT2D eigenvalue weighted by Gasteiger charge is 2.54. The van der Waals surface area contributed by atoms with Crippen molar-refractivity contribution < 1.29 is 4.74 Å². The standard InChI is InChI=1S/C12H23NO/c1-11(2,3)12-6-5-7-13(12)9-10(8-12)14-4/h10H,5-9H2,1-4H3. The van der Waals surface area contributed by atoms with E-state index < -0.39 is 0 Å². The van der Waals surface area contributed by atoms with Gasteiger partial charge >= 0.3 is 0 Å². The van der Waals surface area contributed by atoms with Crippen LogP contribution in [0.15, 0.2) is 0 Å². The number of fused-ring (bicyclic) bond motifs is 1. The summed E-state index contributed by atoms with van der Waals surface area (Å²) in [7, 11) is 1.85. The molecule has 0 radical (unpaired) electrons. The van der Waals surface area contributed by atoms with Gasteiger partial charge in [-0.3, -0.25) is 4.90 Å². The van der Waals surface area contributed by atoms with Crippen molar-refractivity contribution in [1.29, 1.82) is 0 Å². The summed E-state index contributed by atoms with van der Waals surface area (Å²) < 4.78 is 5.53. The van der Waals surface area contributed by atoms with Crippen molar-refractivity contribution in [3.8, 4) is 0 Å². The van der Waals surface area contributed by atoms with E-state index in [0.29, 0.717) is 17.1 Å². The second-order valence-corrected chi connectivity index (χ2v) is 5.89. The van der Waals surface area contributed by atoms with Gasteiger partial charge in [-0.25, -0.2) is 0 Å². The Kier molecular flexibility index (Phi) is 2.39. The molecule has 2 nitrogen and oxygen atoms in total. The molecule has 2 aliphatic heterocycles. The zero-order valence-corrected chi connectivity index (χ0v) is 9.97. The van der Waals surface area contributed by atoms with Crippen LogP contribution in [0.3, 0.4) is 0 Å². The van der Waals surface area contributed by atoms with Gasteiger partial charge in [0.1, 0.15) is 0 Å². The molecule has 2 heteroatoms. The predicted octanol–water partition coefficient (Wildman–Crippen LogP) is 2.29. The Labute approximate surface area is 87.6 Å². The van der Waals surface area contributed by atoms with Gasteiger partial charge in [0.2, 0.25) is 0 Å². The van der Waals surface area contributed by atoms with E-state index in [9.17, 15) is 0 Å². The summed E-state index contributed by atoms with van der Waals surface area (Å²) in [6.07, 6.45) is 4.42. The van der Waals surface area contributed by atoms with E-state index in [2.05, 4.69) is 25.7 Å². The summed E-state index contributed by atoms with van der Waals surface area (Å²) in [5.74, 6) is 0. The SMILES string of the molecule is COC1CN2CCCC2(C(C)(C)C)C1.